The molecule has 23 heteroatoms. The topological polar surface area (TPSA) is 324 Å². The van der Waals surface area contributed by atoms with Crippen molar-refractivity contribution in [1.29, 1.82) is 10.8 Å². The number of aliphatic hydroxyl groups is 4. The number of unbranched alkanes of at least 4 members (excludes halogenated alkanes) is 1. The fraction of sp³-hybridized carbons (Fsp3) is 0.878. The van der Waals surface area contributed by atoms with Crippen LogP contribution in [0.1, 0.15) is 134 Å². The number of aliphatic hydroxyl groups excluding tert-OH is 2. The maximum absolute atomic E-state index is 14.3. The number of halogens is 1. The van der Waals surface area contributed by atoms with Crippen molar-refractivity contribution in [2.24, 2.45) is 29.4 Å². The summed E-state index contributed by atoms with van der Waals surface area (Å²) >= 11 is 0. The van der Waals surface area contributed by atoms with Crippen LogP contribution in [0, 0.1) is 34.5 Å². The smallest absolute Gasteiger partial charge is 0.311 e. The number of nitrogens with one attached hydrogen (secondary N) is 4. The summed E-state index contributed by atoms with van der Waals surface area (Å²) in [4.78, 5) is 55.6. The van der Waals surface area contributed by atoms with Gasteiger partial charge in [-0.15, -0.1) is 12.4 Å². The van der Waals surface area contributed by atoms with Crippen molar-refractivity contribution < 1.29 is 77.5 Å². The number of hydrogen-bond donors (Lipinski definition) is 9. The minimum absolute atomic E-state index is 0. The lowest BCUT2D eigenvalue weighted by Gasteiger charge is -2.49. The van der Waals surface area contributed by atoms with E-state index in [9.17, 15) is 39.6 Å². The summed E-state index contributed by atoms with van der Waals surface area (Å²) in [5.74, 6) is -6.76. The maximum Gasteiger partial charge on any atom is 0.311 e. The van der Waals surface area contributed by atoms with Crippen LogP contribution in [-0.2, 0) is 57.1 Å². The van der Waals surface area contributed by atoms with Gasteiger partial charge in [0, 0.05) is 37.8 Å². The summed E-state index contributed by atoms with van der Waals surface area (Å²) in [6.45, 7) is 20.7. The third-order valence-electron chi connectivity index (χ3n) is 14.0. The number of carbonyl (C=O) groups is 4. The van der Waals surface area contributed by atoms with Gasteiger partial charge in [0.15, 0.2) is 30.6 Å². The predicted octanol–water partition coefficient (Wildman–Crippen LogP) is 2.90. The molecule has 0 radical (unpaired) electrons. The molecule has 72 heavy (non-hydrogen) atoms. The van der Waals surface area contributed by atoms with Gasteiger partial charge in [-0.25, -0.2) is 0 Å². The molecular weight excluding hydrogens is 964 g/mol. The van der Waals surface area contributed by atoms with E-state index >= 15 is 0 Å². The molecule has 3 fully saturated rings. The van der Waals surface area contributed by atoms with Crippen LogP contribution in [0.2, 0.25) is 0 Å². The van der Waals surface area contributed by atoms with Crippen molar-refractivity contribution in [2.45, 2.75) is 219 Å². The Balaban J connectivity index is 0.00000192. The van der Waals surface area contributed by atoms with Crippen molar-refractivity contribution in [2.75, 3.05) is 34.4 Å². The van der Waals surface area contributed by atoms with Crippen LogP contribution >= 0.6 is 12.4 Å². The minimum Gasteiger partial charge on any atom is -0.466 e. The van der Waals surface area contributed by atoms with E-state index in [0.29, 0.717) is 6.42 Å². The maximum atomic E-state index is 14.3. The van der Waals surface area contributed by atoms with Gasteiger partial charge in [0.05, 0.1) is 73.1 Å². The van der Waals surface area contributed by atoms with E-state index < -0.39 is 132 Å². The molecular formula is C49H91ClN6O16. The number of methoxy groups -OCH3 is 1. The zero-order valence-electron chi connectivity index (χ0n) is 45.4. The summed E-state index contributed by atoms with van der Waals surface area (Å²) in [5.41, 5.74) is -0.0667. The van der Waals surface area contributed by atoms with Crippen molar-refractivity contribution in [3.63, 3.8) is 0 Å². The molecule has 10 N–H and O–H groups in total. The molecule has 3 heterocycles. The number of nitrogens with two attached hydrogens (primary N) is 1. The van der Waals surface area contributed by atoms with Crippen molar-refractivity contribution >= 4 is 48.0 Å². The van der Waals surface area contributed by atoms with Crippen LogP contribution in [0.3, 0.4) is 0 Å². The molecule has 3 aliphatic heterocycles. The quantitative estimate of drug-likeness (QED) is 0.0374. The first-order valence-corrected chi connectivity index (χ1v) is 25.1. The first-order chi connectivity index (χ1) is 32.9. The van der Waals surface area contributed by atoms with Gasteiger partial charge < -0.3 is 74.3 Å². The number of ether oxygens (including phenoxy) is 8. The highest BCUT2D eigenvalue weighted by Gasteiger charge is 2.54. The van der Waals surface area contributed by atoms with Gasteiger partial charge in [0.25, 0.3) is 0 Å². The van der Waals surface area contributed by atoms with Crippen LogP contribution in [0.15, 0.2) is 0 Å². The summed E-state index contributed by atoms with van der Waals surface area (Å²) in [7, 11) is 5.09. The number of guanidine groups is 2. The Morgan fingerprint density at radius 3 is 2.04 bits per heavy atom. The van der Waals surface area contributed by atoms with Crippen molar-refractivity contribution in [3.05, 3.63) is 0 Å². The molecule has 0 unspecified atom stereocenters. The van der Waals surface area contributed by atoms with Gasteiger partial charge >= 0.3 is 17.9 Å². The molecule has 3 aliphatic rings. The number of Topliss-reactive ketones (excluding diaryl/α,β-unsaturated/α-hetero) is 1. The van der Waals surface area contributed by atoms with E-state index in [2.05, 4.69) is 17.6 Å². The van der Waals surface area contributed by atoms with Gasteiger partial charge in [0.2, 0.25) is 0 Å². The van der Waals surface area contributed by atoms with Crippen molar-refractivity contribution in [1.82, 2.24) is 15.5 Å². The molecule has 0 aliphatic carbocycles. The molecule has 3 saturated heterocycles. The van der Waals surface area contributed by atoms with Crippen LogP contribution < -0.4 is 16.4 Å². The van der Waals surface area contributed by atoms with Gasteiger partial charge in [-0.3, -0.25) is 35.3 Å². The zero-order chi connectivity index (χ0) is 54.3. The first-order valence-electron chi connectivity index (χ1n) is 25.1. The van der Waals surface area contributed by atoms with Gasteiger partial charge in [-0.2, -0.15) is 0 Å². The SMILES string of the molecule is CCCCNC(=N)NC(=N)N.CCOC(=O)CCC(=O)O[C@H]1[C@H](O[C@@H]2[C@@H](C)[C@H](O[C@H]3C[C@@](C)(OC)[C@@H](O)[C@H](C)O3)[C@@H](C)C(=O)O[C@H](CC)[C@@](C)(O)[C@H](O)[C@@H](C)C(=O)[C@H](C)C[C@@]2(C)O)O[C@H](C)C[C@@H]1N(C)C.Cl. The fourth-order valence-electron chi connectivity index (χ4n) is 9.74. The summed E-state index contributed by atoms with van der Waals surface area (Å²) in [6, 6.07) is -0.443. The summed E-state index contributed by atoms with van der Waals surface area (Å²) in [5, 5.41) is 65.8. The van der Waals surface area contributed by atoms with E-state index in [4.69, 9.17) is 54.4 Å². The molecule has 420 valence electrons. The lowest BCUT2D eigenvalue weighted by atomic mass is 9.74. The van der Waals surface area contributed by atoms with Crippen LogP contribution in [0.25, 0.3) is 0 Å². The molecule has 3 rings (SSSR count). The number of likely N-dealkylation sites (N-methyl/N-ethyl adjacent to an activating group) is 1. The lowest BCUT2D eigenvalue weighted by Crippen LogP contribution is -2.61. The number of esters is 3. The van der Waals surface area contributed by atoms with E-state index in [1.807, 2.05) is 25.9 Å². The third-order valence-corrected chi connectivity index (χ3v) is 14.0. The fourth-order valence-corrected chi connectivity index (χ4v) is 9.74. The van der Waals surface area contributed by atoms with E-state index in [0.717, 1.165) is 19.4 Å². The molecule has 0 aromatic carbocycles. The number of hydrogen-bond acceptors (Lipinski definition) is 19. The van der Waals surface area contributed by atoms with E-state index in [1.165, 1.54) is 27.9 Å². The molecule has 0 aromatic heterocycles. The average Bonchev–Trinajstić information content (AvgIpc) is 3.28. The Bertz CT molecular complexity index is 1750. The zero-order valence-corrected chi connectivity index (χ0v) is 46.2. The van der Waals surface area contributed by atoms with Gasteiger partial charge in [-0.05, 0) is 88.2 Å². The summed E-state index contributed by atoms with van der Waals surface area (Å²) in [6.07, 6.45) is -9.03. The second kappa shape index (κ2) is 29.7. The number of rotatable bonds is 15. The number of nitrogens with zero attached hydrogens (tertiary/aromatic N) is 1. The largest absolute Gasteiger partial charge is 0.466 e. The normalized spacial score (nSPS) is 37.9. The molecule has 0 amide bonds. The molecule has 22 nitrogen and oxygen atoms in total. The second-order valence-electron chi connectivity index (χ2n) is 20.4. The van der Waals surface area contributed by atoms with E-state index in [1.54, 1.807) is 48.5 Å². The second-order valence-corrected chi connectivity index (χ2v) is 20.4. The average molecular weight is 1060 g/mol. The lowest BCUT2D eigenvalue weighted by molar-refractivity contribution is -0.319. The highest BCUT2D eigenvalue weighted by atomic mass is 35.5. The van der Waals surface area contributed by atoms with E-state index in [-0.39, 0.29) is 63.0 Å². The Kier molecular flexibility index (Phi) is 27.5. The summed E-state index contributed by atoms with van der Waals surface area (Å²) < 4.78 is 48.8. The van der Waals surface area contributed by atoms with Crippen molar-refractivity contribution in [3.8, 4) is 0 Å². The Hall–Kier alpha value is -3.29. The Morgan fingerprint density at radius 1 is 0.889 bits per heavy atom. The van der Waals surface area contributed by atoms with Gasteiger partial charge in [-0.1, -0.05) is 41.0 Å². The molecule has 0 spiro atoms. The molecule has 0 saturated carbocycles. The standard InChI is InChI=1S/C43H75NO16.C6H15N5.ClH/c1-15-29-43(11,52)36(48)24(5)33(47)22(3)20-41(9,51)38(25(6)34(26(7)39(50)57-29)59-32-21-42(10,53-14)37(49)27(8)56-32)60-40-35(28(44(12)13)19-23(4)55-40)58-31(46)18-17-30(45)54-16-2;1-2-3-4-10-6(9)11-5(7)8;/h22-29,32,34-38,40,48-49,51-52H,15-21H2,1-14H3;2-4H2,1H3,(H6,7,8,9,10,11);1H/t22-,23-,24+,25+,26-,27+,28+,29-,32+,34+,35-,36-,37+,38-,40+,41-,42-,43-;;/m1../s1. The monoisotopic (exact) mass is 1050 g/mol. The number of carbonyl (C=O) groups excluding carboxylic acids is 4. The van der Waals surface area contributed by atoms with Crippen LogP contribution in [0.5, 0.6) is 0 Å². The van der Waals surface area contributed by atoms with Crippen LogP contribution in [0.4, 0.5) is 0 Å². The highest BCUT2D eigenvalue weighted by Crippen LogP contribution is 2.41. The minimum atomic E-state index is -2.04. The van der Waals surface area contributed by atoms with Gasteiger partial charge in [0.1, 0.15) is 23.6 Å². The molecule has 0 bridgehead atoms. The molecule has 0 aromatic rings. The number of ketones is 1. The highest BCUT2D eigenvalue weighted by molar-refractivity contribution is 5.94. The Labute approximate surface area is 433 Å². The Morgan fingerprint density at radius 2 is 1.50 bits per heavy atom. The number of cyclic esters (lactones) is 1. The predicted molar refractivity (Wildman–Crippen MR) is 269 cm³/mol. The van der Waals surface area contributed by atoms with Crippen LogP contribution in [-0.4, -0.2) is 180 Å². The molecule has 18 atom stereocenters. The third kappa shape index (κ3) is 18.5. The first kappa shape index (κ1) is 66.7.